The van der Waals surface area contributed by atoms with Crippen molar-refractivity contribution in [3.05, 3.63) is 188 Å². The molecule has 0 radical (unpaired) electrons. The first-order chi connectivity index (χ1) is 29.2. The average molecular weight is 758 g/mol. The minimum atomic E-state index is 0.750. The number of anilines is 3. The smallest absolute Gasteiger partial charge is 0.179 e. The van der Waals surface area contributed by atoms with Crippen molar-refractivity contribution in [2.45, 2.75) is 0 Å². The largest absolute Gasteiger partial charge is 0.456 e. The Morgan fingerprint density at radius 1 is 0.288 bits per heavy atom. The number of nitrogens with zero attached hydrogens (tertiary/aromatic N) is 1. The molecule has 4 heterocycles. The van der Waals surface area contributed by atoms with Gasteiger partial charge in [0.1, 0.15) is 33.5 Å². The predicted molar refractivity (Wildman–Crippen MR) is 241 cm³/mol. The number of furan rings is 4. The van der Waals surface area contributed by atoms with Crippen LogP contribution in [0.25, 0.3) is 110 Å². The Balaban J connectivity index is 1.09. The van der Waals surface area contributed by atoms with Crippen LogP contribution in [0.15, 0.2) is 206 Å². The van der Waals surface area contributed by atoms with Crippen LogP contribution in [0.5, 0.6) is 0 Å². The highest BCUT2D eigenvalue weighted by Gasteiger charge is 2.24. The van der Waals surface area contributed by atoms with Crippen LogP contribution in [0.2, 0.25) is 0 Å². The summed E-state index contributed by atoms with van der Waals surface area (Å²) in [5, 5.41) is 8.50. The Morgan fingerprint density at radius 2 is 0.780 bits per heavy atom. The summed E-state index contributed by atoms with van der Waals surface area (Å²) in [6.07, 6.45) is 0. The maximum Gasteiger partial charge on any atom is 0.179 e. The molecule has 13 aromatic rings. The zero-order chi connectivity index (χ0) is 38.6. The van der Waals surface area contributed by atoms with E-state index in [0.29, 0.717) is 0 Å². The van der Waals surface area contributed by atoms with E-state index in [1.165, 1.54) is 0 Å². The highest BCUT2D eigenvalue weighted by Crippen LogP contribution is 2.48. The molecule has 5 nitrogen and oxygen atoms in total. The normalized spacial score (nSPS) is 12.1. The van der Waals surface area contributed by atoms with Gasteiger partial charge in [0.2, 0.25) is 0 Å². The molecule has 0 N–H and O–H groups in total. The van der Waals surface area contributed by atoms with Gasteiger partial charge in [0, 0.05) is 72.2 Å². The van der Waals surface area contributed by atoms with Gasteiger partial charge in [-0.3, -0.25) is 0 Å². The molecule has 0 amide bonds. The van der Waals surface area contributed by atoms with Gasteiger partial charge in [0.05, 0.1) is 5.69 Å². The molecule has 276 valence electrons. The lowest BCUT2D eigenvalue weighted by atomic mass is 9.92. The maximum absolute atomic E-state index is 6.64. The molecule has 0 bridgehead atoms. The third-order valence-corrected chi connectivity index (χ3v) is 11.9. The molecule has 0 saturated carbocycles. The first-order valence-corrected chi connectivity index (χ1v) is 19.8. The average Bonchev–Trinajstić information content (AvgIpc) is 4.06. The van der Waals surface area contributed by atoms with Crippen LogP contribution in [-0.2, 0) is 0 Å². The fourth-order valence-corrected chi connectivity index (χ4v) is 9.18. The fourth-order valence-electron chi connectivity index (χ4n) is 9.18. The SMILES string of the molecule is c1ccc(-c2cc(-c3cc4c5ccccc5oc4c4oc5ccccc5c34)ccc2N(c2ccc3c(c2)oc2ccccc23)c2ccc3c(c2)oc2ccccc23)cc1. The molecular weight excluding hydrogens is 727 g/mol. The number of para-hydroxylation sites is 4. The van der Waals surface area contributed by atoms with Crippen molar-refractivity contribution < 1.29 is 17.7 Å². The lowest BCUT2D eigenvalue weighted by Gasteiger charge is -2.28. The standard InChI is InChI=1S/C54H31NO4/c1-2-12-32(13-3-1)42-28-33(43-31-44-38-16-6-10-20-48(38)58-53(44)54-52(43)41-17-7-11-21-49(41)59-54)22-27-45(42)55(34-23-25-39-36-14-4-8-18-46(36)56-50(39)29-34)35-24-26-40-37-15-5-9-19-47(37)57-51(40)30-35/h1-31H. The second kappa shape index (κ2) is 12.2. The molecule has 0 spiro atoms. The Morgan fingerprint density at radius 3 is 1.41 bits per heavy atom. The van der Waals surface area contributed by atoms with E-state index in [4.69, 9.17) is 17.7 Å². The first kappa shape index (κ1) is 32.1. The second-order valence-electron chi connectivity index (χ2n) is 15.2. The lowest BCUT2D eigenvalue weighted by molar-refractivity contribution is 0.633. The summed E-state index contributed by atoms with van der Waals surface area (Å²) in [6, 6.07) is 65.6. The number of hydrogen-bond acceptors (Lipinski definition) is 5. The van der Waals surface area contributed by atoms with Crippen LogP contribution in [0, 0.1) is 0 Å². The molecule has 0 fully saturated rings. The number of benzene rings is 9. The lowest BCUT2D eigenvalue weighted by Crippen LogP contribution is -2.11. The molecule has 9 aromatic carbocycles. The Bertz CT molecular complexity index is 3690. The van der Waals surface area contributed by atoms with Crippen LogP contribution in [-0.4, -0.2) is 0 Å². The maximum atomic E-state index is 6.64. The molecule has 0 saturated heterocycles. The number of fused-ring (bicyclic) bond motifs is 13. The minimum absolute atomic E-state index is 0.750. The van der Waals surface area contributed by atoms with E-state index < -0.39 is 0 Å². The van der Waals surface area contributed by atoms with Crippen LogP contribution in [0.4, 0.5) is 17.1 Å². The Labute approximate surface area is 336 Å². The van der Waals surface area contributed by atoms with Gasteiger partial charge in [-0.2, -0.15) is 0 Å². The van der Waals surface area contributed by atoms with Gasteiger partial charge in [0.25, 0.3) is 0 Å². The number of rotatable bonds is 5. The third-order valence-electron chi connectivity index (χ3n) is 11.9. The molecule has 0 aliphatic rings. The van der Waals surface area contributed by atoms with Crippen molar-refractivity contribution in [1.82, 2.24) is 0 Å². The van der Waals surface area contributed by atoms with Crippen molar-refractivity contribution >= 4 is 105 Å². The van der Waals surface area contributed by atoms with Gasteiger partial charge in [-0.1, -0.05) is 109 Å². The van der Waals surface area contributed by atoms with E-state index in [0.717, 1.165) is 127 Å². The van der Waals surface area contributed by atoms with Crippen LogP contribution in [0.1, 0.15) is 0 Å². The topological polar surface area (TPSA) is 55.8 Å². The van der Waals surface area contributed by atoms with E-state index in [2.05, 4.69) is 144 Å². The predicted octanol–water partition coefficient (Wildman–Crippen LogP) is 16.1. The molecule has 0 unspecified atom stereocenters. The molecule has 5 heteroatoms. The van der Waals surface area contributed by atoms with E-state index in [1.807, 2.05) is 48.5 Å². The highest BCUT2D eigenvalue weighted by atomic mass is 16.4. The zero-order valence-electron chi connectivity index (χ0n) is 31.5. The monoisotopic (exact) mass is 757 g/mol. The summed E-state index contributed by atoms with van der Waals surface area (Å²) >= 11 is 0. The molecule has 13 rings (SSSR count). The van der Waals surface area contributed by atoms with Crippen molar-refractivity contribution in [1.29, 1.82) is 0 Å². The third kappa shape index (κ3) is 4.79. The molecule has 0 atom stereocenters. The van der Waals surface area contributed by atoms with Crippen LogP contribution >= 0.6 is 0 Å². The van der Waals surface area contributed by atoms with Gasteiger partial charge >= 0.3 is 0 Å². The summed E-state index contributed by atoms with van der Waals surface area (Å²) in [4.78, 5) is 2.32. The number of hydrogen-bond donors (Lipinski definition) is 0. The quantitative estimate of drug-likeness (QED) is 0.175. The Kier molecular flexibility index (Phi) is 6.66. The van der Waals surface area contributed by atoms with E-state index >= 15 is 0 Å². The first-order valence-electron chi connectivity index (χ1n) is 19.8. The van der Waals surface area contributed by atoms with Crippen molar-refractivity contribution in [2.75, 3.05) is 4.90 Å². The molecule has 59 heavy (non-hydrogen) atoms. The van der Waals surface area contributed by atoms with Crippen molar-refractivity contribution in [2.24, 2.45) is 0 Å². The van der Waals surface area contributed by atoms with Gasteiger partial charge < -0.3 is 22.6 Å². The summed E-state index contributed by atoms with van der Waals surface area (Å²) in [6.45, 7) is 0. The van der Waals surface area contributed by atoms with Gasteiger partial charge in [-0.05, 0) is 83.4 Å². The molecular formula is C54H31NO4. The second-order valence-corrected chi connectivity index (χ2v) is 15.2. The van der Waals surface area contributed by atoms with E-state index in [9.17, 15) is 0 Å². The van der Waals surface area contributed by atoms with E-state index in [-0.39, 0.29) is 0 Å². The van der Waals surface area contributed by atoms with Crippen molar-refractivity contribution in [3.8, 4) is 22.3 Å². The molecule has 0 aliphatic carbocycles. The molecule has 4 aromatic heterocycles. The minimum Gasteiger partial charge on any atom is -0.456 e. The summed E-state index contributed by atoms with van der Waals surface area (Å²) in [7, 11) is 0. The summed E-state index contributed by atoms with van der Waals surface area (Å²) < 4.78 is 26.1. The van der Waals surface area contributed by atoms with E-state index in [1.54, 1.807) is 0 Å². The van der Waals surface area contributed by atoms with Gasteiger partial charge in [-0.25, -0.2) is 0 Å². The Hall–Kier alpha value is -8.02. The van der Waals surface area contributed by atoms with Crippen LogP contribution < -0.4 is 4.90 Å². The zero-order valence-corrected chi connectivity index (χ0v) is 31.5. The fraction of sp³-hybridized carbons (Fsp3) is 0. The summed E-state index contributed by atoms with van der Waals surface area (Å²) in [5.41, 5.74) is 13.8. The highest BCUT2D eigenvalue weighted by molar-refractivity contribution is 6.24. The summed E-state index contributed by atoms with van der Waals surface area (Å²) in [5.74, 6) is 0. The molecule has 0 aliphatic heterocycles. The van der Waals surface area contributed by atoms with Crippen molar-refractivity contribution in [3.63, 3.8) is 0 Å². The van der Waals surface area contributed by atoms with Crippen LogP contribution in [0.3, 0.4) is 0 Å². The van der Waals surface area contributed by atoms with Gasteiger partial charge in [0.15, 0.2) is 11.2 Å². The van der Waals surface area contributed by atoms with Gasteiger partial charge in [-0.15, -0.1) is 0 Å².